The van der Waals surface area contributed by atoms with Crippen LogP contribution in [0.2, 0.25) is 0 Å². The van der Waals surface area contributed by atoms with Crippen LogP contribution in [0.5, 0.6) is 0 Å². The number of hydrogen-bond donors (Lipinski definition) is 2. The molecule has 96 valence electrons. The largest absolute Gasteiger partial charge is 0.382 e. The normalized spacial score (nSPS) is 14.7. The average molecular weight is 244 g/mol. The second-order valence-corrected chi connectivity index (χ2v) is 5.27. The molecule has 0 saturated heterocycles. The summed E-state index contributed by atoms with van der Waals surface area (Å²) in [5.74, 6) is 0. The van der Waals surface area contributed by atoms with E-state index < -0.39 is 0 Å². The third kappa shape index (κ3) is 2.27. The van der Waals surface area contributed by atoms with Crippen molar-refractivity contribution in [3.63, 3.8) is 0 Å². The maximum Gasteiger partial charge on any atom is 0.0992 e. The molecule has 0 radical (unpaired) electrons. The summed E-state index contributed by atoms with van der Waals surface area (Å²) in [5, 5.41) is 12.3. The summed E-state index contributed by atoms with van der Waals surface area (Å²) in [5.41, 5.74) is 8.65. The molecule has 0 aromatic heterocycles. The molecule has 3 N–H and O–H groups in total. The van der Waals surface area contributed by atoms with E-state index in [1.165, 1.54) is 5.69 Å². The molecule has 0 unspecified atom stereocenters. The molecule has 0 spiro atoms. The van der Waals surface area contributed by atoms with Gasteiger partial charge in [0.25, 0.3) is 0 Å². The van der Waals surface area contributed by atoms with E-state index in [-0.39, 0.29) is 5.54 Å². The van der Waals surface area contributed by atoms with Gasteiger partial charge in [0, 0.05) is 18.6 Å². The Kier molecular flexibility index (Phi) is 3.44. The fourth-order valence-corrected chi connectivity index (χ4v) is 2.52. The molecule has 0 bridgehead atoms. The number of hydrogen-bond acceptors (Lipinski definition) is 4. The molecule has 0 fully saturated rings. The fourth-order valence-electron chi connectivity index (χ4n) is 2.52. The molecule has 1 aliphatic rings. The van der Waals surface area contributed by atoms with Crippen LogP contribution in [0.3, 0.4) is 0 Å². The Hall–Kier alpha value is -1.73. The Morgan fingerprint density at radius 3 is 2.94 bits per heavy atom. The lowest BCUT2D eigenvalue weighted by Gasteiger charge is -2.44. The highest BCUT2D eigenvalue weighted by atomic mass is 15.2. The van der Waals surface area contributed by atoms with Crippen molar-refractivity contribution in [2.75, 3.05) is 29.9 Å². The highest BCUT2D eigenvalue weighted by molar-refractivity contribution is 5.74. The lowest BCUT2D eigenvalue weighted by Crippen LogP contribution is -2.49. The highest BCUT2D eigenvalue weighted by Gasteiger charge is 2.29. The summed E-state index contributed by atoms with van der Waals surface area (Å²) in [6, 6.07) is 7.99. The van der Waals surface area contributed by atoms with Crippen LogP contribution in [0.15, 0.2) is 18.2 Å². The highest BCUT2D eigenvalue weighted by Crippen LogP contribution is 2.35. The molecule has 4 nitrogen and oxygen atoms in total. The van der Waals surface area contributed by atoms with Gasteiger partial charge in [-0.2, -0.15) is 5.26 Å². The monoisotopic (exact) mass is 244 g/mol. The molecular weight excluding hydrogens is 224 g/mol. The lowest BCUT2D eigenvalue weighted by molar-refractivity contribution is 0.433. The van der Waals surface area contributed by atoms with Gasteiger partial charge in [-0.25, -0.2) is 0 Å². The van der Waals surface area contributed by atoms with Gasteiger partial charge in [0.2, 0.25) is 0 Å². The number of nitrogens with zero attached hydrogens (tertiary/aromatic N) is 2. The molecule has 1 aromatic carbocycles. The molecule has 18 heavy (non-hydrogen) atoms. The number of nitrogens with two attached hydrogens (primary N) is 1. The summed E-state index contributed by atoms with van der Waals surface area (Å²) < 4.78 is 0. The quantitative estimate of drug-likeness (QED) is 0.852. The molecular formula is C14H20N4. The molecule has 0 saturated carbocycles. The third-order valence-corrected chi connectivity index (χ3v) is 3.55. The van der Waals surface area contributed by atoms with Crippen LogP contribution in [-0.4, -0.2) is 25.2 Å². The second-order valence-electron chi connectivity index (χ2n) is 5.27. The van der Waals surface area contributed by atoms with Gasteiger partial charge >= 0.3 is 0 Å². The molecule has 1 heterocycles. The molecule has 0 aliphatic carbocycles. The van der Waals surface area contributed by atoms with Crippen molar-refractivity contribution in [1.29, 1.82) is 5.26 Å². The van der Waals surface area contributed by atoms with Gasteiger partial charge in [-0.05, 0) is 45.0 Å². The number of benzene rings is 1. The predicted molar refractivity (Wildman–Crippen MR) is 74.7 cm³/mol. The minimum absolute atomic E-state index is 0.0414. The van der Waals surface area contributed by atoms with Gasteiger partial charge in [-0.1, -0.05) is 0 Å². The molecule has 0 amide bonds. The Bertz CT molecular complexity index is 473. The number of fused-ring (bicyclic) bond motifs is 1. The molecule has 4 heteroatoms. The summed E-state index contributed by atoms with van der Waals surface area (Å²) >= 11 is 0. The van der Waals surface area contributed by atoms with E-state index >= 15 is 0 Å². The van der Waals surface area contributed by atoms with E-state index in [9.17, 15) is 0 Å². The van der Waals surface area contributed by atoms with Gasteiger partial charge in [0.1, 0.15) is 0 Å². The molecule has 1 aliphatic heterocycles. The van der Waals surface area contributed by atoms with E-state index in [0.29, 0.717) is 12.1 Å². The van der Waals surface area contributed by atoms with Crippen LogP contribution in [0.25, 0.3) is 0 Å². The molecule has 0 atom stereocenters. The van der Waals surface area contributed by atoms with Crippen LogP contribution >= 0.6 is 0 Å². The van der Waals surface area contributed by atoms with Crippen LogP contribution in [0.1, 0.15) is 25.8 Å². The van der Waals surface area contributed by atoms with Crippen LogP contribution < -0.4 is 16.0 Å². The summed E-state index contributed by atoms with van der Waals surface area (Å²) in [6.07, 6.45) is 0.951. The SMILES string of the molecule is CC(C)(CCN)N1CCNc2cc(C#N)ccc21. The van der Waals surface area contributed by atoms with Crippen molar-refractivity contribution < 1.29 is 0 Å². The number of rotatable bonds is 3. The zero-order chi connectivity index (χ0) is 13.2. The Labute approximate surface area is 108 Å². The standard InChI is InChI=1S/C14H20N4/c1-14(2,5-6-15)18-8-7-17-12-9-11(10-16)3-4-13(12)18/h3-4,9,17H,5-8,15H2,1-2H3. The second kappa shape index (κ2) is 4.87. The Balaban J connectivity index is 2.37. The number of anilines is 2. The van der Waals surface area contributed by atoms with E-state index in [1.54, 1.807) is 0 Å². The predicted octanol–water partition coefficient (Wildman–Crippen LogP) is 1.92. The van der Waals surface area contributed by atoms with Crippen LogP contribution in [0, 0.1) is 11.3 Å². The van der Waals surface area contributed by atoms with Gasteiger partial charge in [0.15, 0.2) is 0 Å². The maximum absolute atomic E-state index is 8.94. The van der Waals surface area contributed by atoms with Crippen LogP contribution in [-0.2, 0) is 0 Å². The van der Waals surface area contributed by atoms with Gasteiger partial charge in [-0.3, -0.25) is 0 Å². The molecule has 2 rings (SSSR count). The van der Waals surface area contributed by atoms with Crippen molar-refractivity contribution in [3.8, 4) is 6.07 Å². The van der Waals surface area contributed by atoms with E-state index in [1.807, 2.05) is 18.2 Å². The smallest absolute Gasteiger partial charge is 0.0992 e. The minimum atomic E-state index is 0.0414. The maximum atomic E-state index is 8.94. The topological polar surface area (TPSA) is 65.1 Å². The van der Waals surface area contributed by atoms with E-state index in [0.717, 1.165) is 25.2 Å². The van der Waals surface area contributed by atoms with Crippen LogP contribution in [0.4, 0.5) is 11.4 Å². The minimum Gasteiger partial charge on any atom is -0.382 e. The van der Waals surface area contributed by atoms with Gasteiger partial charge in [0.05, 0.1) is 23.0 Å². The Morgan fingerprint density at radius 2 is 2.28 bits per heavy atom. The first-order valence-electron chi connectivity index (χ1n) is 6.34. The fraction of sp³-hybridized carbons (Fsp3) is 0.500. The molecule has 1 aromatic rings. The lowest BCUT2D eigenvalue weighted by atomic mass is 9.95. The van der Waals surface area contributed by atoms with Crippen molar-refractivity contribution in [1.82, 2.24) is 0 Å². The number of nitriles is 1. The summed E-state index contributed by atoms with van der Waals surface area (Å²) in [6.45, 7) is 6.98. The van der Waals surface area contributed by atoms with Crippen molar-refractivity contribution in [2.24, 2.45) is 5.73 Å². The first kappa shape index (κ1) is 12.7. The van der Waals surface area contributed by atoms with E-state index in [2.05, 4.69) is 30.1 Å². The summed E-state index contributed by atoms with van der Waals surface area (Å²) in [4.78, 5) is 2.38. The van der Waals surface area contributed by atoms with Gasteiger partial charge in [-0.15, -0.1) is 0 Å². The average Bonchev–Trinajstić information content (AvgIpc) is 2.37. The zero-order valence-electron chi connectivity index (χ0n) is 11.0. The van der Waals surface area contributed by atoms with Crippen molar-refractivity contribution in [3.05, 3.63) is 23.8 Å². The van der Waals surface area contributed by atoms with Crippen molar-refractivity contribution in [2.45, 2.75) is 25.8 Å². The third-order valence-electron chi connectivity index (χ3n) is 3.55. The summed E-state index contributed by atoms with van der Waals surface area (Å²) in [7, 11) is 0. The van der Waals surface area contributed by atoms with Crippen molar-refractivity contribution >= 4 is 11.4 Å². The van der Waals surface area contributed by atoms with E-state index in [4.69, 9.17) is 11.0 Å². The zero-order valence-corrected chi connectivity index (χ0v) is 11.0. The number of nitrogens with one attached hydrogen (secondary N) is 1. The Morgan fingerprint density at radius 1 is 1.50 bits per heavy atom. The first-order chi connectivity index (χ1) is 8.58. The van der Waals surface area contributed by atoms with Gasteiger partial charge < -0.3 is 16.0 Å². The first-order valence-corrected chi connectivity index (χ1v) is 6.34.